The summed E-state index contributed by atoms with van der Waals surface area (Å²) in [4.78, 5) is 19.8. The molecule has 0 aliphatic carbocycles. The fourth-order valence-electron chi connectivity index (χ4n) is 3.25. The highest BCUT2D eigenvalue weighted by atomic mass is 16.2. The molecule has 1 amide bonds. The second-order valence-corrected chi connectivity index (χ2v) is 6.16. The minimum absolute atomic E-state index is 0.0572. The molecule has 3 heterocycles. The van der Waals surface area contributed by atoms with Crippen LogP contribution in [0, 0.1) is 0 Å². The molecule has 1 aliphatic rings. The third-order valence-electron chi connectivity index (χ3n) is 4.61. The number of rotatable bonds is 3. The highest BCUT2D eigenvalue weighted by molar-refractivity contribution is 6.06. The van der Waals surface area contributed by atoms with Gasteiger partial charge in [0.15, 0.2) is 5.65 Å². The van der Waals surface area contributed by atoms with Crippen LogP contribution in [0.5, 0.6) is 0 Å². The zero-order valence-corrected chi connectivity index (χ0v) is 14.3. The summed E-state index contributed by atoms with van der Waals surface area (Å²) >= 11 is 0. The fraction of sp³-hybridized carbons (Fsp3) is 0.316. The van der Waals surface area contributed by atoms with Gasteiger partial charge in [-0.2, -0.15) is 5.10 Å². The molecule has 1 aliphatic heterocycles. The number of nitrogens with zero attached hydrogens (tertiary/aromatic N) is 4. The van der Waals surface area contributed by atoms with Crippen LogP contribution in [0.2, 0.25) is 0 Å². The Labute approximate surface area is 146 Å². The van der Waals surface area contributed by atoms with Crippen LogP contribution in [0.4, 0.5) is 0 Å². The molecule has 0 radical (unpaired) electrons. The monoisotopic (exact) mass is 335 g/mol. The van der Waals surface area contributed by atoms with E-state index in [0.29, 0.717) is 5.56 Å². The van der Waals surface area contributed by atoms with E-state index in [4.69, 9.17) is 4.98 Å². The molecule has 2 aromatic heterocycles. The fourth-order valence-corrected chi connectivity index (χ4v) is 3.25. The molecule has 1 saturated heterocycles. The summed E-state index contributed by atoms with van der Waals surface area (Å²) in [5.41, 5.74) is 3.26. The second-order valence-electron chi connectivity index (χ2n) is 6.16. The van der Waals surface area contributed by atoms with E-state index in [1.54, 1.807) is 6.20 Å². The van der Waals surface area contributed by atoms with E-state index in [2.05, 4.69) is 10.4 Å². The number of carbonyl (C=O) groups is 1. The van der Waals surface area contributed by atoms with Gasteiger partial charge in [-0.3, -0.25) is 4.79 Å². The number of fused-ring (bicyclic) bond motifs is 1. The Kier molecular flexibility index (Phi) is 4.19. The van der Waals surface area contributed by atoms with Crippen molar-refractivity contribution in [2.45, 2.75) is 13.5 Å². The van der Waals surface area contributed by atoms with E-state index in [0.717, 1.165) is 55.0 Å². The van der Waals surface area contributed by atoms with Crippen LogP contribution in [0.25, 0.3) is 22.3 Å². The SMILES string of the molecule is CCn1ncc2c(C(=O)N3CCNCC3)cc(-c3ccccc3)nc21. The summed E-state index contributed by atoms with van der Waals surface area (Å²) in [5, 5.41) is 8.52. The first kappa shape index (κ1) is 15.8. The first-order chi connectivity index (χ1) is 12.3. The molecule has 1 aromatic carbocycles. The quantitative estimate of drug-likeness (QED) is 0.797. The number of hydrogen-bond acceptors (Lipinski definition) is 4. The molecule has 25 heavy (non-hydrogen) atoms. The van der Waals surface area contributed by atoms with Crippen molar-refractivity contribution in [2.75, 3.05) is 26.2 Å². The minimum atomic E-state index is 0.0572. The van der Waals surface area contributed by atoms with Crippen LogP contribution >= 0.6 is 0 Å². The molecule has 0 unspecified atom stereocenters. The highest BCUT2D eigenvalue weighted by Crippen LogP contribution is 2.26. The summed E-state index contributed by atoms with van der Waals surface area (Å²) in [6, 6.07) is 11.9. The van der Waals surface area contributed by atoms with Crippen molar-refractivity contribution in [1.82, 2.24) is 25.0 Å². The summed E-state index contributed by atoms with van der Waals surface area (Å²) in [5.74, 6) is 0.0572. The molecular weight excluding hydrogens is 314 g/mol. The average molecular weight is 335 g/mol. The molecular formula is C19H21N5O. The van der Waals surface area contributed by atoms with E-state index in [1.165, 1.54) is 0 Å². The molecule has 0 atom stereocenters. The summed E-state index contributed by atoms with van der Waals surface area (Å²) in [7, 11) is 0. The largest absolute Gasteiger partial charge is 0.336 e. The zero-order chi connectivity index (χ0) is 17.2. The molecule has 0 spiro atoms. The van der Waals surface area contributed by atoms with Gasteiger partial charge in [-0.05, 0) is 13.0 Å². The predicted molar refractivity (Wildman–Crippen MR) is 97.4 cm³/mol. The van der Waals surface area contributed by atoms with E-state index in [-0.39, 0.29) is 5.91 Å². The lowest BCUT2D eigenvalue weighted by atomic mass is 10.1. The van der Waals surface area contributed by atoms with Crippen LogP contribution in [-0.4, -0.2) is 51.8 Å². The molecule has 0 bridgehead atoms. The standard InChI is InChI=1S/C19H21N5O/c1-2-24-18-16(13-21-24)15(19(25)23-10-8-20-9-11-23)12-17(22-18)14-6-4-3-5-7-14/h3-7,12-13,20H,2,8-11H2,1H3. The Morgan fingerprint density at radius 3 is 2.68 bits per heavy atom. The van der Waals surface area contributed by atoms with Gasteiger partial charge in [0.2, 0.25) is 0 Å². The van der Waals surface area contributed by atoms with Crippen LogP contribution in [0.15, 0.2) is 42.6 Å². The number of hydrogen-bond donors (Lipinski definition) is 1. The Balaban J connectivity index is 1.86. The van der Waals surface area contributed by atoms with E-state index in [1.807, 2.05) is 52.9 Å². The lowest BCUT2D eigenvalue weighted by Crippen LogP contribution is -2.46. The number of piperazine rings is 1. The number of aryl methyl sites for hydroxylation is 1. The van der Waals surface area contributed by atoms with Crippen molar-refractivity contribution in [1.29, 1.82) is 0 Å². The summed E-state index contributed by atoms with van der Waals surface area (Å²) in [6.07, 6.45) is 1.76. The van der Waals surface area contributed by atoms with Crippen molar-refractivity contribution in [2.24, 2.45) is 0 Å². The molecule has 1 N–H and O–H groups in total. The van der Waals surface area contributed by atoms with Crippen LogP contribution in [0.1, 0.15) is 17.3 Å². The minimum Gasteiger partial charge on any atom is -0.336 e. The highest BCUT2D eigenvalue weighted by Gasteiger charge is 2.23. The molecule has 6 heteroatoms. The van der Waals surface area contributed by atoms with Crippen molar-refractivity contribution in [3.63, 3.8) is 0 Å². The molecule has 6 nitrogen and oxygen atoms in total. The molecule has 128 valence electrons. The number of nitrogens with one attached hydrogen (secondary N) is 1. The number of benzene rings is 1. The number of amides is 1. The normalized spacial score (nSPS) is 14.8. The maximum Gasteiger partial charge on any atom is 0.254 e. The van der Waals surface area contributed by atoms with Crippen molar-refractivity contribution >= 4 is 16.9 Å². The topological polar surface area (TPSA) is 63.1 Å². The molecule has 4 rings (SSSR count). The van der Waals surface area contributed by atoms with E-state index >= 15 is 0 Å². The van der Waals surface area contributed by atoms with Gasteiger partial charge in [0.05, 0.1) is 22.8 Å². The van der Waals surface area contributed by atoms with Crippen LogP contribution < -0.4 is 5.32 Å². The Hall–Kier alpha value is -2.73. The number of pyridine rings is 1. The Morgan fingerprint density at radius 1 is 1.20 bits per heavy atom. The molecule has 3 aromatic rings. The van der Waals surface area contributed by atoms with Gasteiger partial charge in [0.1, 0.15) is 0 Å². The van der Waals surface area contributed by atoms with Gasteiger partial charge < -0.3 is 10.2 Å². The van der Waals surface area contributed by atoms with Gasteiger partial charge in [0, 0.05) is 38.3 Å². The van der Waals surface area contributed by atoms with Gasteiger partial charge in [-0.25, -0.2) is 9.67 Å². The van der Waals surface area contributed by atoms with Gasteiger partial charge in [-0.15, -0.1) is 0 Å². The number of carbonyl (C=O) groups excluding carboxylic acids is 1. The van der Waals surface area contributed by atoms with Crippen molar-refractivity contribution in [3.05, 3.63) is 48.2 Å². The predicted octanol–water partition coefficient (Wildman–Crippen LogP) is 2.16. The van der Waals surface area contributed by atoms with Crippen molar-refractivity contribution < 1.29 is 4.79 Å². The maximum absolute atomic E-state index is 13.1. The lowest BCUT2D eigenvalue weighted by molar-refractivity contribution is 0.0738. The third kappa shape index (κ3) is 2.89. The smallest absolute Gasteiger partial charge is 0.254 e. The Morgan fingerprint density at radius 2 is 1.96 bits per heavy atom. The molecule has 0 saturated carbocycles. The summed E-state index contributed by atoms with van der Waals surface area (Å²) < 4.78 is 1.84. The van der Waals surface area contributed by atoms with Gasteiger partial charge >= 0.3 is 0 Å². The maximum atomic E-state index is 13.1. The van der Waals surface area contributed by atoms with Crippen LogP contribution in [0.3, 0.4) is 0 Å². The van der Waals surface area contributed by atoms with E-state index in [9.17, 15) is 4.79 Å². The van der Waals surface area contributed by atoms with Crippen LogP contribution in [-0.2, 0) is 6.54 Å². The average Bonchev–Trinajstić information content (AvgIpc) is 3.11. The second kappa shape index (κ2) is 6.64. The first-order valence-electron chi connectivity index (χ1n) is 8.70. The Bertz CT molecular complexity index is 897. The summed E-state index contributed by atoms with van der Waals surface area (Å²) in [6.45, 7) is 5.87. The zero-order valence-electron chi connectivity index (χ0n) is 14.3. The lowest BCUT2D eigenvalue weighted by Gasteiger charge is -2.27. The van der Waals surface area contributed by atoms with Gasteiger partial charge in [0.25, 0.3) is 5.91 Å². The third-order valence-corrected chi connectivity index (χ3v) is 4.61. The van der Waals surface area contributed by atoms with Gasteiger partial charge in [-0.1, -0.05) is 30.3 Å². The first-order valence-corrected chi connectivity index (χ1v) is 8.70. The van der Waals surface area contributed by atoms with Crippen molar-refractivity contribution in [3.8, 4) is 11.3 Å². The van der Waals surface area contributed by atoms with E-state index < -0.39 is 0 Å². The number of aromatic nitrogens is 3. The molecule has 1 fully saturated rings.